The number of hydrogen-bond acceptors (Lipinski definition) is 2. The molecule has 1 N–H and O–H groups in total. The number of carboxylic acid groups (broad SMARTS) is 1. The summed E-state index contributed by atoms with van der Waals surface area (Å²) in [6, 6.07) is 0. The fraction of sp³-hybridized carbons (Fsp3) is 0.667. The first kappa shape index (κ1) is 9.48. The number of rotatable bonds is 4. The summed E-state index contributed by atoms with van der Waals surface area (Å²) in [6.45, 7) is 0. The van der Waals surface area contributed by atoms with Gasteiger partial charge in [-0.15, -0.1) is 0 Å². The molecule has 0 heterocycles. The van der Waals surface area contributed by atoms with Crippen LogP contribution in [0.5, 0.6) is 0 Å². The number of carboxylic acids is 1. The molecule has 0 saturated carbocycles. The fourth-order valence-corrected chi connectivity index (χ4v) is 0.775. The number of carbonyl (C=O) groups is 1. The summed E-state index contributed by atoms with van der Waals surface area (Å²) in [6.07, 6.45) is 2.19. The molecule has 10 heavy (non-hydrogen) atoms. The topological polar surface area (TPSA) is 54.4 Å². The van der Waals surface area contributed by atoms with Crippen LogP contribution in [0.15, 0.2) is 0 Å². The average Bonchev–Trinajstić information content (AvgIpc) is 1.87. The van der Waals surface area contributed by atoms with E-state index in [1.165, 1.54) is 0 Å². The molecule has 0 rings (SSSR count). The van der Waals surface area contributed by atoms with Gasteiger partial charge in [-0.1, -0.05) is 0 Å². The Bertz CT molecular complexity index is 192. The molecule has 0 fully saturated rings. The van der Waals surface area contributed by atoms with Crippen LogP contribution in [0.25, 0.3) is 0 Å². The molecule has 0 unspecified atom stereocenters. The SMILES string of the molecule is O=P#CCCCCC(=O)O. The van der Waals surface area contributed by atoms with Gasteiger partial charge in [0.15, 0.2) is 0 Å². The van der Waals surface area contributed by atoms with Crippen molar-refractivity contribution in [1.29, 1.82) is 0 Å². The first-order chi connectivity index (χ1) is 4.77. The van der Waals surface area contributed by atoms with Crippen molar-refractivity contribution in [2.75, 3.05) is 0 Å². The van der Waals surface area contributed by atoms with E-state index in [1.54, 1.807) is 0 Å². The van der Waals surface area contributed by atoms with Crippen LogP contribution in [0, 0.1) is 5.63 Å². The molecule has 56 valence electrons. The van der Waals surface area contributed by atoms with Gasteiger partial charge in [-0.3, -0.25) is 0 Å². The van der Waals surface area contributed by atoms with Crippen LogP contribution < -0.4 is 0 Å². The van der Waals surface area contributed by atoms with E-state index in [0.717, 1.165) is 6.42 Å². The van der Waals surface area contributed by atoms with Crippen LogP contribution >= 0.6 is 7.92 Å². The van der Waals surface area contributed by atoms with Crippen molar-refractivity contribution in [3.63, 3.8) is 0 Å². The number of unbranched alkanes of at least 4 members (excludes halogenated alkanes) is 2. The second kappa shape index (κ2) is 6.60. The van der Waals surface area contributed by atoms with E-state index in [-0.39, 0.29) is 14.3 Å². The van der Waals surface area contributed by atoms with E-state index >= 15 is 0 Å². The Morgan fingerprint density at radius 3 is 2.70 bits per heavy atom. The summed E-state index contributed by atoms with van der Waals surface area (Å²) in [5.41, 5.74) is 2.55. The van der Waals surface area contributed by atoms with Crippen LogP contribution in [0.1, 0.15) is 25.7 Å². The van der Waals surface area contributed by atoms with Crippen molar-refractivity contribution in [3.8, 4) is 5.63 Å². The summed E-state index contributed by atoms with van der Waals surface area (Å²) < 4.78 is 9.77. The Morgan fingerprint density at radius 2 is 2.20 bits per heavy atom. The summed E-state index contributed by atoms with van der Waals surface area (Å²) in [5, 5.41) is 8.19. The van der Waals surface area contributed by atoms with Crippen molar-refractivity contribution < 1.29 is 14.5 Å². The molecule has 3 nitrogen and oxygen atoms in total. The maximum atomic E-state index is 9.95. The normalized spacial score (nSPS) is 8.40. The Kier molecular flexibility index (Phi) is 6.25. The van der Waals surface area contributed by atoms with Gasteiger partial charge in [0.05, 0.1) is 0 Å². The van der Waals surface area contributed by atoms with Crippen molar-refractivity contribution in [1.82, 2.24) is 0 Å². The molecule has 0 aliphatic heterocycles. The zero-order valence-corrected chi connectivity index (χ0v) is 6.43. The molecule has 0 radical (unpaired) electrons. The Hall–Kier alpha value is -0.520. The zero-order chi connectivity index (χ0) is 7.82. The van der Waals surface area contributed by atoms with Gasteiger partial charge < -0.3 is 0 Å². The van der Waals surface area contributed by atoms with Crippen LogP contribution in [0.2, 0.25) is 0 Å². The van der Waals surface area contributed by atoms with Gasteiger partial charge in [-0.25, -0.2) is 0 Å². The number of aliphatic carboxylic acids is 1. The van der Waals surface area contributed by atoms with Gasteiger partial charge in [0.25, 0.3) is 0 Å². The van der Waals surface area contributed by atoms with Crippen molar-refractivity contribution in [2.45, 2.75) is 25.7 Å². The first-order valence-electron chi connectivity index (χ1n) is 3.04. The monoisotopic (exact) mass is 160 g/mol. The van der Waals surface area contributed by atoms with E-state index in [9.17, 15) is 9.36 Å². The molecule has 0 aromatic rings. The quantitative estimate of drug-likeness (QED) is 0.504. The predicted molar refractivity (Wildman–Crippen MR) is 37.6 cm³/mol. The molecule has 0 aliphatic carbocycles. The van der Waals surface area contributed by atoms with Gasteiger partial charge in [-0.2, -0.15) is 0 Å². The molecule has 0 aliphatic rings. The van der Waals surface area contributed by atoms with Crippen LogP contribution in [-0.2, 0) is 9.36 Å². The Balaban J connectivity index is 3.10. The van der Waals surface area contributed by atoms with Crippen molar-refractivity contribution in [2.24, 2.45) is 0 Å². The summed E-state index contributed by atoms with van der Waals surface area (Å²) in [4.78, 5) is 9.95. The van der Waals surface area contributed by atoms with E-state index in [4.69, 9.17) is 5.11 Å². The maximum absolute atomic E-state index is 9.95. The standard InChI is InChI=1S/C6H9O3P/c7-6(8)4-2-1-3-5-10-9/h1-4H2,(H,7,8). The third kappa shape index (κ3) is 7.48. The van der Waals surface area contributed by atoms with Crippen LogP contribution in [-0.4, -0.2) is 11.1 Å². The Morgan fingerprint density at radius 1 is 1.50 bits per heavy atom. The van der Waals surface area contributed by atoms with Gasteiger partial charge >= 0.3 is 59.7 Å². The van der Waals surface area contributed by atoms with Gasteiger partial charge in [-0.05, 0) is 0 Å². The summed E-state index contributed by atoms with van der Waals surface area (Å²) >= 11 is 0. The summed E-state index contributed by atoms with van der Waals surface area (Å²) in [5.74, 6) is -0.778. The second-order valence-electron chi connectivity index (χ2n) is 1.85. The molecule has 0 saturated heterocycles. The fourth-order valence-electron chi connectivity index (χ4n) is 0.526. The zero-order valence-electron chi connectivity index (χ0n) is 5.54. The van der Waals surface area contributed by atoms with E-state index in [1.807, 2.05) is 0 Å². The molecule has 4 heteroatoms. The van der Waals surface area contributed by atoms with Crippen LogP contribution in [0.3, 0.4) is 0 Å². The molecule has 0 aromatic heterocycles. The van der Waals surface area contributed by atoms with E-state index < -0.39 is 5.97 Å². The molecule has 0 amide bonds. The minimum atomic E-state index is -0.778. The van der Waals surface area contributed by atoms with E-state index in [2.05, 4.69) is 5.63 Å². The van der Waals surface area contributed by atoms with Gasteiger partial charge in [0.1, 0.15) is 0 Å². The molecular formula is C6H9O3P. The van der Waals surface area contributed by atoms with Crippen molar-refractivity contribution >= 4 is 13.9 Å². The van der Waals surface area contributed by atoms with Crippen LogP contribution in [0.4, 0.5) is 0 Å². The molecular weight excluding hydrogens is 151 g/mol. The first-order valence-corrected chi connectivity index (χ1v) is 3.85. The molecule has 0 aromatic carbocycles. The van der Waals surface area contributed by atoms with Gasteiger partial charge in [0.2, 0.25) is 0 Å². The van der Waals surface area contributed by atoms with Gasteiger partial charge in [0, 0.05) is 0 Å². The third-order valence-electron chi connectivity index (χ3n) is 0.994. The van der Waals surface area contributed by atoms with E-state index in [0.29, 0.717) is 12.8 Å². The number of hydrogen-bond donors (Lipinski definition) is 1. The molecule has 0 bridgehead atoms. The predicted octanol–water partition coefficient (Wildman–Crippen LogP) is 1.88. The second-order valence-corrected chi connectivity index (χ2v) is 2.35. The minimum absolute atomic E-state index is 0.0854. The molecule has 0 atom stereocenters. The third-order valence-corrected chi connectivity index (χ3v) is 1.35. The summed E-state index contributed by atoms with van der Waals surface area (Å²) in [7, 11) is -0.0854. The van der Waals surface area contributed by atoms with Crippen molar-refractivity contribution in [3.05, 3.63) is 0 Å². The molecule has 0 spiro atoms. The average molecular weight is 160 g/mol. The Labute approximate surface area is 60.6 Å².